The Morgan fingerprint density at radius 1 is 1.24 bits per heavy atom. The van der Waals surface area contributed by atoms with Gasteiger partial charge in [-0.15, -0.1) is 0 Å². The second-order valence-electron chi connectivity index (χ2n) is 3.30. The highest BCUT2D eigenvalue weighted by Gasteiger charge is 2.48. The van der Waals surface area contributed by atoms with Crippen molar-refractivity contribution >= 4 is 10.1 Å². The van der Waals surface area contributed by atoms with Gasteiger partial charge < -0.3 is 0 Å². The van der Waals surface area contributed by atoms with Gasteiger partial charge in [-0.25, -0.2) is 0 Å². The van der Waals surface area contributed by atoms with E-state index in [1.54, 1.807) is 25.1 Å². The van der Waals surface area contributed by atoms with Crippen molar-refractivity contribution in [2.75, 3.05) is 0 Å². The van der Waals surface area contributed by atoms with Crippen molar-refractivity contribution in [2.45, 2.75) is 25.0 Å². The first-order valence-electron chi connectivity index (χ1n) is 4.82. The number of halogens is 3. The molecule has 1 aromatic rings. The summed E-state index contributed by atoms with van der Waals surface area (Å²) in [4.78, 5) is 0. The Morgan fingerprint density at radius 2 is 1.76 bits per heavy atom. The SMILES string of the molecule is CCC(OS(=O)(=O)C(F)(F)F)c1ccccc1. The fourth-order valence-electron chi connectivity index (χ4n) is 1.23. The van der Waals surface area contributed by atoms with Crippen LogP contribution in [0.4, 0.5) is 13.2 Å². The van der Waals surface area contributed by atoms with Crippen molar-refractivity contribution in [1.29, 1.82) is 0 Å². The topological polar surface area (TPSA) is 43.4 Å². The Hall–Kier alpha value is -1.08. The van der Waals surface area contributed by atoms with Crippen LogP contribution < -0.4 is 0 Å². The molecule has 0 N–H and O–H groups in total. The molecule has 0 bridgehead atoms. The van der Waals surface area contributed by atoms with Gasteiger partial charge in [0.25, 0.3) is 0 Å². The van der Waals surface area contributed by atoms with E-state index in [2.05, 4.69) is 4.18 Å². The zero-order valence-corrected chi connectivity index (χ0v) is 9.75. The van der Waals surface area contributed by atoms with Crippen molar-refractivity contribution in [3.8, 4) is 0 Å². The van der Waals surface area contributed by atoms with Crippen molar-refractivity contribution < 1.29 is 25.8 Å². The van der Waals surface area contributed by atoms with Crippen LogP contribution in [0.1, 0.15) is 25.0 Å². The van der Waals surface area contributed by atoms with E-state index in [0.29, 0.717) is 5.56 Å². The lowest BCUT2D eigenvalue weighted by atomic mass is 10.1. The van der Waals surface area contributed by atoms with Crippen LogP contribution in [0.5, 0.6) is 0 Å². The highest BCUT2D eigenvalue weighted by atomic mass is 32.2. The lowest BCUT2D eigenvalue weighted by Crippen LogP contribution is -2.27. The van der Waals surface area contributed by atoms with E-state index in [1.807, 2.05) is 0 Å². The van der Waals surface area contributed by atoms with Gasteiger partial charge in [-0.05, 0) is 12.0 Å². The fraction of sp³-hybridized carbons (Fsp3) is 0.400. The van der Waals surface area contributed by atoms with Gasteiger partial charge in [0.15, 0.2) is 0 Å². The summed E-state index contributed by atoms with van der Waals surface area (Å²) in [5, 5.41) is 0. The van der Waals surface area contributed by atoms with E-state index in [9.17, 15) is 21.6 Å². The van der Waals surface area contributed by atoms with Crippen LogP contribution in [-0.2, 0) is 14.3 Å². The molecule has 0 heterocycles. The third-order valence-electron chi connectivity index (χ3n) is 2.07. The maximum atomic E-state index is 12.1. The quantitative estimate of drug-likeness (QED) is 0.622. The first kappa shape index (κ1) is 14.0. The summed E-state index contributed by atoms with van der Waals surface area (Å²) in [6.07, 6.45) is -0.998. The molecule has 96 valence electrons. The van der Waals surface area contributed by atoms with Crippen LogP contribution in [0.25, 0.3) is 0 Å². The second kappa shape index (κ2) is 5.05. The van der Waals surface area contributed by atoms with E-state index in [-0.39, 0.29) is 6.42 Å². The number of hydrogen-bond acceptors (Lipinski definition) is 3. The number of hydrogen-bond donors (Lipinski definition) is 0. The Morgan fingerprint density at radius 3 is 2.18 bits per heavy atom. The molecule has 0 saturated carbocycles. The minimum atomic E-state index is -5.56. The van der Waals surface area contributed by atoms with Crippen molar-refractivity contribution in [3.63, 3.8) is 0 Å². The van der Waals surface area contributed by atoms with Gasteiger partial charge in [0.05, 0.1) is 0 Å². The highest BCUT2D eigenvalue weighted by molar-refractivity contribution is 7.87. The average molecular weight is 268 g/mol. The molecule has 1 aromatic carbocycles. The molecule has 1 atom stereocenters. The van der Waals surface area contributed by atoms with Crippen LogP contribution in [0, 0.1) is 0 Å². The highest BCUT2D eigenvalue weighted by Crippen LogP contribution is 2.31. The number of alkyl halides is 3. The van der Waals surface area contributed by atoms with Crippen LogP contribution in [0.3, 0.4) is 0 Å². The monoisotopic (exact) mass is 268 g/mol. The van der Waals surface area contributed by atoms with Gasteiger partial charge in [0, 0.05) is 0 Å². The van der Waals surface area contributed by atoms with E-state index in [0.717, 1.165) is 0 Å². The molecule has 0 amide bonds. The minimum Gasteiger partial charge on any atom is -0.255 e. The third-order valence-corrected chi connectivity index (χ3v) is 3.12. The summed E-state index contributed by atoms with van der Waals surface area (Å²) >= 11 is 0. The number of rotatable bonds is 4. The minimum absolute atomic E-state index is 0.124. The van der Waals surface area contributed by atoms with E-state index >= 15 is 0 Å². The van der Waals surface area contributed by atoms with Crippen LogP contribution in [0.15, 0.2) is 30.3 Å². The van der Waals surface area contributed by atoms with Gasteiger partial charge >= 0.3 is 15.6 Å². The Kier molecular flexibility index (Phi) is 4.16. The zero-order chi connectivity index (χ0) is 13.1. The predicted molar refractivity (Wildman–Crippen MR) is 55.5 cm³/mol. The molecule has 0 aliphatic heterocycles. The molecule has 0 fully saturated rings. The standard InChI is InChI=1S/C10H11F3O3S/c1-2-9(8-6-4-3-5-7-8)16-17(14,15)10(11,12)13/h3-7,9H,2H2,1H3. The molecule has 0 aromatic heterocycles. The molecular formula is C10H11F3O3S. The molecule has 0 aliphatic rings. The summed E-state index contributed by atoms with van der Waals surface area (Å²) in [5.41, 5.74) is -5.00. The second-order valence-corrected chi connectivity index (χ2v) is 4.87. The van der Waals surface area contributed by atoms with E-state index < -0.39 is 21.7 Å². The molecule has 0 spiro atoms. The van der Waals surface area contributed by atoms with Gasteiger partial charge in [-0.2, -0.15) is 21.6 Å². The largest absolute Gasteiger partial charge is 0.523 e. The lowest BCUT2D eigenvalue weighted by Gasteiger charge is -2.17. The summed E-state index contributed by atoms with van der Waals surface area (Å²) in [6.45, 7) is 1.55. The van der Waals surface area contributed by atoms with Crippen LogP contribution >= 0.6 is 0 Å². The van der Waals surface area contributed by atoms with Crippen molar-refractivity contribution in [2.24, 2.45) is 0 Å². The molecule has 0 saturated heterocycles. The normalized spacial score (nSPS) is 14.6. The van der Waals surface area contributed by atoms with Gasteiger partial charge in [0.1, 0.15) is 6.10 Å². The third kappa shape index (κ3) is 3.44. The Balaban J connectivity index is 2.94. The molecule has 1 rings (SSSR count). The summed E-state index contributed by atoms with van der Waals surface area (Å²) in [6, 6.07) is 7.90. The zero-order valence-electron chi connectivity index (χ0n) is 8.94. The summed E-state index contributed by atoms with van der Waals surface area (Å²) < 4.78 is 62.3. The van der Waals surface area contributed by atoms with E-state index in [1.165, 1.54) is 12.1 Å². The van der Waals surface area contributed by atoms with Gasteiger partial charge in [0.2, 0.25) is 0 Å². The maximum Gasteiger partial charge on any atom is 0.523 e. The molecule has 7 heteroatoms. The predicted octanol–water partition coefficient (Wildman–Crippen LogP) is 3.00. The summed E-state index contributed by atoms with van der Waals surface area (Å²) in [5.74, 6) is 0. The Labute approximate surface area is 97.3 Å². The molecule has 1 unspecified atom stereocenters. The first-order valence-corrected chi connectivity index (χ1v) is 6.23. The molecule has 0 aliphatic carbocycles. The lowest BCUT2D eigenvalue weighted by molar-refractivity contribution is -0.0576. The van der Waals surface area contributed by atoms with Crippen molar-refractivity contribution in [1.82, 2.24) is 0 Å². The van der Waals surface area contributed by atoms with E-state index in [4.69, 9.17) is 0 Å². The Bertz CT molecular complexity index is 453. The van der Waals surface area contributed by atoms with Gasteiger partial charge in [-0.3, -0.25) is 4.18 Å². The average Bonchev–Trinajstić information content (AvgIpc) is 2.25. The molecular weight excluding hydrogens is 257 g/mol. The van der Waals surface area contributed by atoms with Crippen molar-refractivity contribution in [3.05, 3.63) is 35.9 Å². The number of benzene rings is 1. The fourth-order valence-corrected chi connectivity index (χ4v) is 1.90. The summed E-state index contributed by atoms with van der Waals surface area (Å²) in [7, 11) is -5.56. The van der Waals surface area contributed by atoms with Crippen LogP contribution in [-0.4, -0.2) is 13.9 Å². The van der Waals surface area contributed by atoms with Gasteiger partial charge in [-0.1, -0.05) is 37.3 Å². The molecule has 3 nitrogen and oxygen atoms in total. The molecule has 17 heavy (non-hydrogen) atoms. The maximum absolute atomic E-state index is 12.1. The molecule has 0 radical (unpaired) electrons. The van der Waals surface area contributed by atoms with Crippen LogP contribution in [0.2, 0.25) is 0 Å². The first-order chi connectivity index (χ1) is 7.78. The smallest absolute Gasteiger partial charge is 0.255 e.